The monoisotopic (exact) mass is 363 g/mol. The molecule has 1 saturated heterocycles. The zero-order valence-electron chi connectivity index (χ0n) is 12.1. The highest BCUT2D eigenvalue weighted by molar-refractivity contribution is 7.17. The summed E-state index contributed by atoms with van der Waals surface area (Å²) in [7, 11) is 0. The summed E-state index contributed by atoms with van der Waals surface area (Å²) in [6.07, 6.45) is 1.60. The lowest BCUT2D eigenvalue weighted by atomic mass is 10.2. The number of hydrogen-bond donors (Lipinski definition) is 1. The van der Waals surface area contributed by atoms with E-state index < -0.39 is 6.04 Å². The molecular weight excluding hydrogens is 345 g/mol. The Balaban J connectivity index is 0.00000121. The first-order valence-corrected chi connectivity index (χ1v) is 7.52. The van der Waals surface area contributed by atoms with Gasteiger partial charge in [0.1, 0.15) is 12.1 Å². The molecule has 122 valence electrons. The number of aromatic nitrogens is 2. The standard InChI is InChI=1S/C13H17N5OS.2ClH/c1-9(14)13(19)18-5-3-17(4-6-18)12-11-10(2-7-20-11)15-8-16-12;;/h2,7-9H,3-6,14H2,1H3;2*1H/t9-;;/m1../s1. The van der Waals surface area contributed by atoms with Gasteiger partial charge in [-0.3, -0.25) is 4.79 Å². The third-order valence-corrected chi connectivity index (χ3v) is 4.40. The lowest BCUT2D eigenvalue weighted by molar-refractivity contribution is -0.132. The van der Waals surface area contributed by atoms with Crippen LogP contribution in [0, 0.1) is 0 Å². The summed E-state index contributed by atoms with van der Waals surface area (Å²) in [4.78, 5) is 24.6. The van der Waals surface area contributed by atoms with Crippen LogP contribution in [0.25, 0.3) is 10.2 Å². The quantitative estimate of drug-likeness (QED) is 0.875. The second kappa shape index (κ2) is 7.92. The van der Waals surface area contributed by atoms with Gasteiger partial charge < -0.3 is 15.5 Å². The number of thiophene rings is 1. The largest absolute Gasteiger partial charge is 0.352 e. The summed E-state index contributed by atoms with van der Waals surface area (Å²) >= 11 is 1.65. The Hall–Kier alpha value is -1.15. The Morgan fingerprint density at radius 2 is 1.95 bits per heavy atom. The lowest BCUT2D eigenvalue weighted by Crippen LogP contribution is -2.52. The van der Waals surface area contributed by atoms with Crippen LogP contribution in [-0.4, -0.2) is 53.0 Å². The third kappa shape index (κ3) is 3.60. The molecule has 2 aromatic rings. The number of rotatable bonds is 2. The van der Waals surface area contributed by atoms with Crippen LogP contribution in [0.5, 0.6) is 0 Å². The van der Waals surface area contributed by atoms with E-state index in [1.165, 1.54) is 0 Å². The fourth-order valence-electron chi connectivity index (χ4n) is 2.43. The molecule has 1 fully saturated rings. The van der Waals surface area contributed by atoms with E-state index in [0.29, 0.717) is 13.1 Å². The van der Waals surface area contributed by atoms with Crippen molar-refractivity contribution < 1.29 is 4.79 Å². The van der Waals surface area contributed by atoms with Crippen LogP contribution in [0.4, 0.5) is 5.82 Å². The van der Waals surface area contributed by atoms with E-state index in [-0.39, 0.29) is 30.7 Å². The number of nitrogens with two attached hydrogens (primary N) is 1. The first-order chi connectivity index (χ1) is 9.66. The molecule has 2 N–H and O–H groups in total. The second-order valence-electron chi connectivity index (χ2n) is 4.93. The number of piperazine rings is 1. The molecule has 22 heavy (non-hydrogen) atoms. The molecule has 9 heteroatoms. The summed E-state index contributed by atoms with van der Waals surface area (Å²) < 4.78 is 1.11. The van der Waals surface area contributed by atoms with Gasteiger partial charge >= 0.3 is 0 Å². The molecule has 1 aliphatic heterocycles. The molecule has 3 heterocycles. The highest BCUT2D eigenvalue weighted by atomic mass is 35.5. The van der Waals surface area contributed by atoms with Gasteiger partial charge in [-0.25, -0.2) is 9.97 Å². The van der Waals surface area contributed by atoms with Crippen LogP contribution in [0.1, 0.15) is 6.92 Å². The van der Waals surface area contributed by atoms with E-state index >= 15 is 0 Å². The molecule has 1 atom stereocenters. The number of anilines is 1. The maximum atomic E-state index is 11.9. The van der Waals surface area contributed by atoms with Crippen molar-refractivity contribution >= 4 is 58.1 Å². The maximum absolute atomic E-state index is 11.9. The van der Waals surface area contributed by atoms with Gasteiger partial charge in [-0.1, -0.05) is 0 Å². The van der Waals surface area contributed by atoms with Crippen LogP contribution < -0.4 is 10.6 Å². The number of fused-ring (bicyclic) bond motifs is 1. The molecule has 6 nitrogen and oxygen atoms in total. The lowest BCUT2D eigenvalue weighted by Gasteiger charge is -2.36. The molecule has 0 aromatic carbocycles. The molecule has 0 aliphatic carbocycles. The fourth-order valence-corrected chi connectivity index (χ4v) is 3.29. The van der Waals surface area contributed by atoms with Crippen molar-refractivity contribution in [3.63, 3.8) is 0 Å². The summed E-state index contributed by atoms with van der Waals surface area (Å²) in [6.45, 7) is 4.67. The normalized spacial score (nSPS) is 15.9. The minimum atomic E-state index is -0.426. The van der Waals surface area contributed by atoms with Gasteiger partial charge in [0.05, 0.1) is 16.3 Å². The van der Waals surface area contributed by atoms with E-state index in [4.69, 9.17) is 5.73 Å². The van der Waals surface area contributed by atoms with Gasteiger partial charge in [0.2, 0.25) is 5.91 Å². The average Bonchev–Trinajstić information content (AvgIpc) is 2.95. The smallest absolute Gasteiger partial charge is 0.239 e. The number of nitrogens with zero attached hydrogens (tertiary/aromatic N) is 4. The van der Waals surface area contributed by atoms with Crippen molar-refractivity contribution in [2.24, 2.45) is 5.73 Å². The molecular formula is C13H19Cl2N5OS. The summed E-state index contributed by atoms with van der Waals surface area (Å²) in [5.74, 6) is 0.992. The second-order valence-corrected chi connectivity index (χ2v) is 5.85. The molecule has 0 radical (unpaired) electrons. The van der Waals surface area contributed by atoms with Crippen molar-refractivity contribution in [1.82, 2.24) is 14.9 Å². The van der Waals surface area contributed by atoms with Crippen LogP contribution in [0.15, 0.2) is 17.8 Å². The van der Waals surface area contributed by atoms with Gasteiger partial charge in [-0.05, 0) is 18.4 Å². The van der Waals surface area contributed by atoms with Crippen LogP contribution in [0.2, 0.25) is 0 Å². The summed E-state index contributed by atoms with van der Waals surface area (Å²) in [5.41, 5.74) is 6.63. The molecule has 0 spiro atoms. The van der Waals surface area contributed by atoms with E-state index in [1.807, 2.05) is 16.3 Å². The summed E-state index contributed by atoms with van der Waals surface area (Å²) in [6, 6.07) is 1.57. The number of carbonyl (C=O) groups is 1. The Kier molecular flexibility index (Phi) is 6.80. The van der Waals surface area contributed by atoms with Gasteiger partial charge in [0, 0.05) is 26.2 Å². The minimum Gasteiger partial charge on any atom is -0.352 e. The van der Waals surface area contributed by atoms with E-state index in [2.05, 4.69) is 14.9 Å². The Morgan fingerprint density at radius 1 is 1.27 bits per heavy atom. The zero-order valence-corrected chi connectivity index (χ0v) is 14.6. The highest BCUT2D eigenvalue weighted by Crippen LogP contribution is 2.28. The number of carbonyl (C=O) groups excluding carboxylic acids is 1. The fraction of sp³-hybridized carbons (Fsp3) is 0.462. The van der Waals surface area contributed by atoms with E-state index in [0.717, 1.165) is 29.1 Å². The van der Waals surface area contributed by atoms with Gasteiger partial charge in [-0.2, -0.15) is 0 Å². The van der Waals surface area contributed by atoms with E-state index in [9.17, 15) is 4.79 Å². The summed E-state index contributed by atoms with van der Waals surface area (Å²) in [5, 5.41) is 2.03. The van der Waals surface area contributed by atoms with Gasteiger partial charge in [0.15, 0.2) is 0 Å². The SMILES string of the molecule is C[C@@H](N)C(=O)N1CCN(c2ncnc3ccsc23)CC1.Cl.Cl. The number of amides is 1. The highest BCUT2D eigenvalue weighted by Gasteiger charge is 2.24. The topological polar surface area (TPSA) is 75.4 Å². The van der Waals surface area contributed by atoms with E-state index in [1.54, 1.807) is 24.6 Å². The van der Waals surface area contributed by atoms with Crippen molar-refractivity contribution in [2.45, 2.75) is 13.0 Å². The molecule has 1 amide bonds. The maximum Gasteiger partial charge on any atom is 0.239 e. The predicted octanol–water partition coefficient (Wildman–Crippen LogP) is 1.53. The Morgan fingerprint density at radius 3 is 2.59 bits per heavy atom. The first-order valence-electron chi connectivity index (χ1n) is 6.64. The molecule has 0 bridgehead atoms. The van der Waals surface area contributed by atoms with Crippen LogP contribution in [-0.2, 0) is 4.79 Å². The van der Waals surface area contributed by atoms with Gasteiger partial charge in [0.25, 0.3) is 0 Å². The van der Waals surface area contributed by atoms with Crippen molar-refractivity contribution in [3.05, 3.63) is 17.8 Å². The number of halogens is 2. The first kappa shape index (κ1) is 18.9. The van der Waals surface area contributed by atoms with Crippen molar-refractivity contribution in [3.8, 4) is 0 Å². The molecule has 1 aliphatic rings. The molecule has 3 rings (SSSR count). The molecule has 0 unspecified atom stereocenters. The van der Waals surface area contributed by atoms with Crippen LogP contribution in [0.3, 0.4) is 0 Å². The predicted molar refractivity (Wildman–Crippen MR) is 94.4 cm³/mol. The third-order valence-electron chi connectivity index (χ3n) is 3.50. The van der Waals surface area contributed by atoms with Gasteiger partial charge in [-0.15, -0.1) is 36.2 Å². The van der Waals surface area contributed by atoms with Crippen molar-refractivity contribution in [1.29, 1.82) is 0 Å². The zero-order chi connectivity index (χ0) is 14.1. The number of hydrogen-bond acceptors (Lipinski definition) is 6. The van der Waals surface area contributed by atoms with Crippen molar-refractivity contribution in [2.75, 3.05) is 31.1 Å². The minimum absolute atomic E-state index is 0. The molecule has 0 saturated carbocycles. The Bertz CT molecular complexity index is 628. The Labute approximate surface area is 145 Å². The molecule has 2 aromatic heterocycles. The van der Waals surface area contributed by atoms with Crippen LogP contribution >= 0.6 is 36.2 Å². The average molecular weight is 364 g/mol.